The van der Waals surface area contributed by atoms with E-state index in [4.69, 9.17) is 11.6 Å². The molecule has 1 N–H and O–H groups in total. The molecule has 158 valence electrons. The Morgan fingerprint density at radius 3 is 2.52 bits per heavy atom. The van der Waals surface area contributed by atoms with Gasteiger partial charge in [0, 0.05) is 35.9 Å². The van der Waals surface area contributed by atoms with Gasteiger partial charge in [-0.2, -0.15) is 0 Å². The van der Waals surface area contributed by atoms with Crippen molar-refractivity contribution in [3.8, 4) is 5.69 Å². The third-order valence-corrected chi connectivity index (χ3v) is 5.88. The number of fused-ring (bicyclic) bond motifs is 1. The van der Waals surface area contributed by atoms with E-state index in [1.807, 2.05) is 66.9 Å². The van der Waals surface area contributed by atoms with Gasteiger partial charge in [-0.25, -0.2) is 4.98 Å². The summed E-state index contributed by atoms with van der Waals surface area (Å²) in [4.78, 5) is 30.0. The van der Waals surface area contributed by atoms with Gasteiger partial charge >= 0.3 is 0 Å². The van der Waals surface area contributed by atoms with Crippen LogP contribution in [-0.4, -0.2) is 20.0 Å². The molecule has 0 radical (unpaired) electrons. The zero-order valence-electron chi connectivity index (χ0n) is 17.4. The van der Waals surface area contributed by atoms with E-state index >= 15 is 0 Å². The number of amides is 1. The van der Waals surface area contributed by atoms with Crippen molar-refractivity contribution in [3.63, 3.8) is 0 Å². The first kappa shape index (κ1) is 20.9. The minimum atomic E-state index is -0.151. The molecule has 0 spiro atoms. The molecule has 0 atom stereocenters. The quantitative estimate of drug-likeness (QED) is 0.495. The van der Waals surface area contributed by atoms with Crippen LogP contribution in [0.2, 0.25) is 5.02 Å². The fourth-order valence-electron chi connectivity index (χ4n) is 3.68. The summed E-state index contributed by atoms with van der Waals surface area (Å²) in [5.41, 5.74) is 4.17. The second-order valence-electron chi connectivity index (χ2n) is 7.44. The molecule has 2 aromatic heterocycles. The molecule has 6 nitrogen and oxygen atoms in total. The number of carbonyl (C=O) groups is 1. The number of aromatic nitrogens is 3. The fraction of sp³-hybridized carbons (Fsp3) is 0.208. The molecule has 31 heavy (non-hydrogen) atoms. The number of halogens is 1. The number of nitrogens with one attached hydrogen (secondary N) is 1. The van der Waals surface area contributed by atoms with E-state index in [9.17, 15) is 9.59 Å². The van der Waals surface area contributed by atoms with Gasteiger partial charge in [0.2, 0.25) is 5.91 Å². The van der Waals surface area contributed by atoms with Crippen LogP contribution >= 0.6 is 11.6 Å². The zero-order chi connectivity index (χ0) is 22.0. The number of aryl methyl sites for hydroxylation is 2. The molecular weight excluding hydrogens is 412 g/mol. The first-order valence-electron chi connectivity index (χ1n) is 10.1. The summed E-state index contributed by atoms with van der Waals surface area (Å²) < 4.78 is 3.49. The van der Waals surface area contributed by atoms with E-state index in [0.717, 1.165) is 22.5 Å². The molecule has 0 saturated heterocycles. The number of rotatable bonds is 6. The first-order chi connectivity index (χ1) is 15.0. The van der Waals surface area contributed by atoms with Gasteiger partial charge in [-0.05, 0) is 43.2 Å². The molecular formula is C24H23ClN4O2. The molecule has 2 aromatic carbocycles. The fourth-order valence-corrected chi connectivity index (χ4v) is 3.89. The van der Waals surface area contributed by atoms with Gasteiger partial charge in [-0.3, -0.25) is 18.7 Å². The minimum absolute atomic E-state index is 0.140. The van der Waals surface area contributed by atoms with E-state index in [1.54, 1.807) is 6.07 Å². The molecule has 0 aliphatic carbocycles. The average Bonchev–Trinajstić information content (AvgIpc) is 3.04. The SMILES string of the molecule is Cc1c(C)n(-c2ccccc2)c2ncn(CCC(=O)NCc3ccccc3Cl)c(=O)c12. The molecule has 0 aliphatic rings. The van der Waals surface area contributed by atoms with E-state index in [1.165, 1.54) is 10.9 Å². The largest absolute Gasteiger partial charge is 0.352 e. The Hall–Kier alpha value is -3.38. The summed E-state index contributed by atoms with van der Waals surface area (Å²) in [7, 11) is 0. The van der Waals surface area contributed by atoms with Crippen LogP contribution in [0, 0.1) is 13.8 Å². The number of benzene rings is 2. The van der Waals surface area contributed by atoms with Crippen molar-refractivity contribution in [2.45, 2.75) is 33.4 Å². The van der Waals surface area contributed by atoms with Gasteiger partial charge in [0.25, 0.3) is 5.56 Å². The summed E-state index contributed by atoms with van der Waals surface area (Å²) >= 11 is 6.12. The molecule has 4 aromatic rings. The van der Waals surface area contributed by atoms with Gasteiger partial charge in [0.1, 0.15) is 0 Å². The first-order valence-corrected chi connectivity index (χ1v) is 10.5. The van der Waals surface area contributed by atoms with Crippen molar-refractivity contribution in [1.29, 1.82) is 0 Å². The number of carbonyl (C=O) groups excluding carboxylic acids is 1. The second kappa shape index (κ2) is 8.78. The van der Waals surface area contributed by atoms with Crippen molar-refractivity contribution in [3.05, 3.63) is 93.1 Å². The highest BCUT2D eigenvalue weighted by Crippen LogP contribution is 2.24. The summed E-state index contributed by atoms with van der Waals surface area (Å²) in [6, 6.07) is 17.2. The molecule has 0 fully saturated rings. The number of para-hydroxylation sites is 1. The third-order valence-electron chi connectivity index (χ3n) is 5.51. The maximum atomic E-state index is 13.1. The molecule has 1 amide bonds. The Balaban J connectivity index is 1.54. The van der Waals surface area contributed by atoms with E-state index in [-0.39, 0.29) is 24.4 Å². The smallest absolute Gasteiger partial charge is 0.263 e. The van der Waals surface area contributed by atoms with E-state index < -0.39 is 0 Å². The Morgan fingerprint density at radius 1 is 1.06 bits per heavy atom. The summed E-state index contributed by atoms with van der Waals surface area (Å²) in [5.74, 6) is -0.151. The van der Waals surface area contributed by atoms with Gasteiger partial charge in [0.05, 0.1) is 11.7 Å². The number of hydrogen-bond acceptors (Lipinski definition) is 3. The van der Waals surface area contributed by atoms with Crippen molar-refractivity contribution < 1.29 is 4.79 Å². The van der Waals surface area contributed by atoms with Crippen LogP contribution in [0.25, 0.3) is 16.7 Å². The summed E-state index contributed by atoms with van der Waals surface area (Å²) in [6.45, 7) is 4.52. The Kier molecular flexibility index (Phi) is 5.91. The Labute approximate surface area is 185 Å². The second-order valence-corrected chi connectivity index (χ2v) is 7.85. The molecule has 0 unspecified atom stereocenters. The van der Waals surface area contributed by atoms with E-state index in [2.05, 4.69) is 10.3 Å². The summed E-state index contributed by atoms with van der Waals surface area (Å²) in [6.07, 6.45) is 1.69. The lowest BCUT2D eigenvalue weighted by atomic mass is 10.2. The van der Waals surface area contributed by atoms with Crippen molar-refractivity contribution >= 4 is 28.5 Å². The van der Waals surface area contributed by atoms with Crippen molar-refractivity contribution in [2.24, 2.45) is 0 Å². The van der Waals surface area contributed by atoms with Crippen molar-refractivity contribution in [1.82, 2.24) is 19.4 Å². The van der Waals surface area contributed by atoms with Crippen LogP contribution in [0.5, 0.6) is 0 Å². The van der Waals surface area contributed by atoms with Crippen LogP contribution in [0.1, 0.15) is 23.2 Å². The molecule has 0 bridgehead atoms. The normalized spacial score (nSPS) is 11.1. The molecule has 4 rings (SSSR count). The lowest BCUT2D eigenvalue weighted by molar-refractivity contribution is -0.121. The van der Waals surface area contributed by atoms with Crippen LogP contribution in [0.3, 0.4) is 0 Å². The summed E-state index contributed by atoms with van der Waals surface area (Å²) in [5, 5.41) is 4.05. The monoisotopic (exact) mass is 434 g/mol. The van der Waals surface area contributed by atoms with Gasteiger partial charge in [0.15, 0.2) is 5.65 Å². The molecule has 0 saturated carbocycles. The maximum Gasteiger partial charge on any atom is 0.263 e. The highest BCUT2D eigenvalue weighted by Gasteiger charge is 2.18. The van der Waals surface area contributed by atoms with Crippen LogP contribution < -0.4 is 10.9 Å². The Bertz CT molecular complexity index is 1310. The molecule has 2 heterocycles. The average molecular weight is 435 g/mol. The van der Waals surface area contributed by atoms with Gasteiger partial charge < -0.3 is 5.32 Å². The highest BCUT2D eigenvalue weighted by molar-refractivity contribution is 6.31. The highest BCUT2D eigenvalue weighted by atomic mass is 35.5. The predicted octanol–water partition coefficient (Wildman–Crippen LogP) is 4.16. The third kappa shape index (κ3) is 4.11. The van der Waals surface area contributed by atoms with Crippen LogP contribution in [-0.2, 0) is 17.9 Å². The Morgan fingerprint density at radius 2 is 1.77 bits per heavy atom. The number of nitrogens with zero attached hydrogens (tertiary/aromatic N) is 3. The maximum absolute atomic E-state index is 13.1. The van der Waals surface area contributed by atoms with Crippen molar-refractivity contribution in [2.75, 3.05) is 0 Å². The van der Waals surface area contributed by atoms with Gasteiger partial charge in [-0.15, -0.1) is 0 Å². The van der Waals surface area contributed by atoms with Crippen LogP contribution in [0.4, 0.5) is 0 Å². The topological polar surface area (TPSA) is 68.9 Å². The minimum Gasteiger partial charge on any atom is -0.352 e. The van der Waals surface area contributed by atoms with E-state index in [0.29, 0.717) is 22.6 Å². The lowest BCUT2D eigenvalue weighted by Crippen LogP contribution is -2.27. The molecule has 0 aliphatic heterocycles. The van der Waals surface area contributed by atoms with Crippen LogP contribution in [0.15, 0.2) is 65.7 Å². The number of hydrogen-bond donors (Lipinski definition) is 1. The zero-order valence-corrected chi connectivity index (χ0v) is 18.2. The van der Waals surface area contributed by atoms with Gasteiger partial charge in [-0.1, -0.05) is 48.0 Å². The predicted molar refractivity (Wildman–Crippen MR) is 123 cm³/mol. The lowest BCUT2D eigenvalue weighted by Gasteiger charge is -2.09. The molecule has 7 heteroatoms. The standard InChI is InChI=1S/C24H23ClN4O2/c1-16-17(2)29(19-9-4-3-5-10-19)23-22(16)24(31)28(15-27-23)13-12-21(30)26-14-18-8-6-7-11-20(18)25/h3-11,15H,12-14H2,1-2H3,(H,26,30).